The maximum absolute atomic E-state index is 6.29. The molecule has 0 aromatic carbocycles. The Morgan fingerprint density at radius 2 is 2.21 bits per heavy atom. The minimum Gasteiger partial charge on any atom is -0.357 e. The van der Waals surface area contributed by atoms with Gasteiger partial charge in [-0.25, -0.2) is 9.97 Å². The molecule has 0 saturated carbocycles. The molecule has 0 radical (unpaired) electrons. The smallest absolute Gasteiger partial charge is 0.191 e. The SMILES string of the molecule is CCNC(=NCCCCn1ccnc1C)NC1CCN(c2ncccc2Cl)C1. The Labute approximate surface area is 172 Å². The number of pyridine rings is 1. The number of rotatable bonds is 8. The van der Waals surface area contributed by atoms with Crippen molar-refractivity contribution in [3.05, 3.63) is 41.6 Å². The first kappa shape index (κ1) is 20.5. The lowest BCUT2D eigenvalue weighted by Gasteiger charge is -2.20. The van der Waals surface area contributed by atoms with Crippen LogP contribution in [-0.4, -0.2) is 52.7 Å². The molecule has 152 valence electrons. The molecule has 1 saturated heterocycles. The predicted octanol–water partition coefficient (Wildman–Crippen LogP) is 2.85. The second kappa shape index (κ2) is 10.3. The molecule has 2 aromatic rings. The highest BCUT2D eigenvalue weighted by Crippen LogP contribution is 2.25. The zero-order valence-electron chi connectivity index (χ0n) is 16.7. The number of aromatic nitrogens is 3. The van der Waals surface area contributed by atoms with Crippen LogP contribution < -0.4 is 15.5 Å². The van der Waals surface area contributed by atoms with Gasteiger partial charge in [-0.2, -0.15) is 0 Å². The molecule has 1 unspecified atom stereocenters. The molecule has 2 N–H and O–H groups in total. The summed E-state index contributed by atoms with van der Waals surface area (Å²) < 4.78 is 2.18. The van der Waals surface area contributed by atoms with Crippen molar-refractivity contribution in [1.29, 1.82) is 0 Å². The van der Waals surface area contributed by atoms with Crippen LogP contribution in [0.25, 0.3) is 0 Å². The van der Waals surface area contributed by atoms with Crippen molar-refractivity contribution >= 4 is 23.4 Å². The number of aryl methyl sites for hydroxylation is 2. The van der Waals surface area contributed by atoms with Gasteiger partial charge in [0.2, 0.25) is 0 Å². The Balaban J connectivity index is 1.45. The Morgan fingerprint density at radius 1 is 1.32 bits per heavy atom. The average molecular weight is 404 g/mol. The molecule has 2 aromatic heterocycles. The van der Waals surface area contributed by atoms with E-state index >= 15 is 0 Å². The predicted molar refractivity (Wildman–Crippen MR) is 115 cm³/mol. The number of aliphatic imine (C=N–C) groups is 1. The third-order valence-corrected chi connectivity index (χ3v) is 5.21. The van der Waals surface area contributed by atoms with E-state index in [1.807, 2.05) is 31.5 Å². The van der Waals surface area contributed by atoms with Gasteiger partial charge in [0.05, 0.1) is 5.02 Å². The summed E-state index contributed by atoms with van der Waals surface area (Å²) >= 11 is 6.29. The molecule has 8 heteroatoms. The molecule has 28 heavy (non-hydrogen) atoms. The van der Waals surface area contributed by atoms with E-state index in [9.17, 15) is 0 Å². The molecule has 0 amide bonds. The molecule has 1 atom stereocenters. The van der Waals surface area contributed by atoms with Crippen LogP contribution in [0, 0.1) is 6.92 Å². The van der Waals surface area contributed by atoms with Gasteiger partial charge in [0.15, 0.2) is 5.96 Å². The molecular weight excluding hydrogens is 374 g/mol. The maximum Gasteiger partial charge on any atom is 0.191 e. The highest BCUT2D eigenvalue weighted by Gasteiger charge is 2.25. The summed E-state index contributed by atoms with van der Waals surface area (Å²) in [5.74, 6) is 2.82. The van der Waals surface area contributed by atoms with Crippen molar-refractivity contribution < 1.29 is 0 Å². The highest BCUT2D eigenvalue weighted by atomic mass is 35.5. The van der Waals surface area contributed by atoms with Gasteiger partial charge in [-0.1, -0.05) is 11.6 Å². The van der Waals surface area contributed by atoms with E-state index in [-0.39, 0.29) is 0 Å². The third kappa shape index (κ3) is 5.61. The van der Waals surface area contributed by atoms with Crippen molar-refractivity contribution in [2.75, 3.05) is 31.1 Å². The van der Waals surface area contributed by atoms with E-state index in [1.54, 1.807) is 6.20 Å². The van der Waals surface area contributed by atoms with Crippen molar-refractivity contribution in [3.8, 4) is 0 Å². The summed E-state index contributed by atoms with van der Waals surface area (Å²) in [6, 6.07) is 4.09. The number of anilines is 1. The molecule has 1 aliphatic heterocycles. The minimum atomic E-state index is 0.337. The van der Waals surface area contributed by atoms with Crippen molar-refractivity contribution in [2.24, 2.45) is 4.99 Å². The molecule has 0 spiro atoms. The molecule has 1 fully saturated rings. The molecule has 7 nitrogen and oxygen atoms in total. The molecule has 0 aliphatic carbocycles. The zero-order chi connectivity index (χ0) is 19.8. The highest BCUT2D eigenvalue weighted by molar-refractivity contribution is 6.32. The number of guanidine groups is 1. The van der Waals surface area contributed by atoms with Gasteiger partial charge in [0.25, 0.3) is 0 Å². The summed E-state index contributed by atoms with van der Waals surface area (Å²) in [7, 11) is 0. The topological polar surface area (TPSA) is 70.4 Å². The number of unbranched alkanes of at least 4 members (excludes halogenated alkanes) is 1. The van der Waals surface area contributed by atoms with Crippen LogP contribution in [-0.2, 0) is 6.54 Å². The number of hydrogen-bond acceptors (Lipinski definition) is 4. The summed E-state index contributed by atoms with van der Waals surface area (Å²) in [5.41, 5.74) is 0. The van der Waals surface area contributed by atoms with E-state index < -0.39 is 0 Å². The van der Waals surface area contributed by atoms with Crippen LogP contribution in [0.15, 0.2) is 35.7 Å². The Bertz CT molecular complexity index is 773. The summed E-state index contributed by atoms with van der Waals surface area (Å²) in [6.45, 7) is 8.60. The summed E-state index contributed by atoms with van der Waals surface area (Å²) in [4.78, 5) is 15.7. The lowest BCUT2D eigenvalue weighted by atomic mass is 10.3. The summed E-state index contributed by atoms with van der Waals surface area (Å²) in [6.07, 6.45) is 8.85. The van der Waals surface area contributed by atoms with Crippen LogP contribution in [0.2, 0.25) is 5.02 Å². The van der Waals surface area contributed by atoms with E-state index in [0.29, 0.717) is 11.1 Å². The number of nitrogens with zero attached hydrogens (tertiary/aromatic N) is 5. The number of hydrogen-bond donors (Lipinski definition) is 2. The first-order chi connectivity index (χ1) is 13.7. The van der Waals surface area contributed by atoms with Crippen LogP contribution in [0.5, 0.6) is 0 Å². The van der Waals surface area contributed by atoms with Crippen molar-refractivity contribution in [1.82, 2.24) is 25.2 Å². The Hall–Kier alpha value is -2.28. The van der Waals surface area contributed by atoms with Gasteiger partial charge in [-0.05, 0) is 45.2 Å². The van der Waals surface area contributed by atoms with Gasteiger partial charge in [-0.3, -0.25) is 4.99 Å². The van der Waals surface area contributed by atoms with Crippen LogP contribution in [0.1, 0.15) is 32.0 Å². The zero-order valence-corrected chi connectivity index (χ0v) is 17.5. The molecule has 3 rings (SSSR count). The fourth-order valence-corrected chi connectivity index (χ4v) is 3.66. The van der Waals surface area contributed by atoms with E-state index in [0.717, 1.165) is 69.6 Å². The van der Waals surface area contributed by atoms with Gasteiger partial charge in [0.1, 0.15) is 11.6 Å². The molecule has 3 heterocycles. The van der Waals surface area contributed by atoms with Gasteiger partial charge in [-0.15, -0.1) is 0 Å². The van der Waals surface area contributed by atoms with E-state index in [4.69, 9.17) is 16.6 Å². The third-order valence-electron chi connectivity index (χ3n) is 4.91. The fraction of sp³-hybridized carbons (Fsp3) is 0.550. The normalized spacial score (nSPS) is 17.2. The standard InChI is InChI=1S/C20H30ClN7/c1-3-22-20(25-9-4-5-12-27-14-11-23-16(27)2)26-17-8-13-28(15-17)19-18(21)7-6-10-24-19/h6-7,10-11,14,17H,3-5,8-9,12-13,15H2,1-2H3,(H2,22,25,26). The van der Waals surface area contributed by atoms with Crippen LogP contribution in [0.4, 0.5) is 5.82 Å². The quantitative estimate of drug-likeness (QED) is 0.403. The molecular formula is C20H30ClN7. The number of nitrogens with one attached hydrogen (secondary N) is 2. The second-order valence-corrected chi connectivity index (χ2v) is 7.43. The number of halogens is 1. The first-order valence-electron chi connectivity index (χ1n) is 10.1. The fourth-order valence-electron chi connectivity index (χ4n) is 3.42. The Morgan fingerprint density at radius 3 is 2.96 bits per heavy atom. The first-order valence-corrected chi connectivity index (χ1v) is 10.4. The van der Waals surface area contributed by atoms with Gasteiger partial charge in [0, 0.05) is 57.4 Å². The van der Waals surface area contributed by atoms with Crippen LogP contribution in [0.3, 0.4) is 0 Å². The lowest BCUT2D eigenvalue weighted by Crippen LogP contribution is -2.44. The summed E-state index contributed by atoms with van der Waals surface area (Å²) in [5, 5.41) is 7.62. The molecule has 0 bridgehead atoms. The van der Waals surface area contributed by atoms with Gasteiger partial charge >= 0.3 is 0 Å². The monoisotopic (exact) mass is 403 g/mol. The average Bonchev–Trinajstić information content (AvgIpc) is 3.31. The number of imidazole rings is 1. The maximum atomic E-state index is 6.29. The van der Waals surface area contributed by atoms with Crippen molar-refractivity contribution in [3.63, 3.8) is 0 Å². The molecule has 1 aliphatic rings. The second-order valence-electron chi connectivity index (χ2n) is 7.02. The lowest BCUT2D eigenvalue weighted by molar-refractivity contribution is 0.597. The minimum absolute atomic E-state index is 0.337. The van der Waals surface area contributed by atoms with Crippen LogP contribution >= 0.6 is 11.6 Å². The van der Waals surface area contributed by atoms with Crippen molar-refractivity contribution in [2.45, 2.75) is 45.7 Å². The Kier molecular flexibility index (Phi) is 7.54. The largest absolute Gasteiger partial charge is 0.357 e. The van der Waals surface area contributed by atoms with Gasteiger partial charge < -0.3 is 20.1 Å². The van der Waals surface area contributed by atoms with E-state index in [1.165, 1.54) is 0 Å². The van der Waals surface area contributed by atoms with E-state index in [2.05, 4.69) is 37.0 Å².